The highest BCUT2D eigenvalue weighted by atomic mass is 16.6. The molecule has 2 atom stereocenters. The van der Waals surface area contributed by atoms with Crippen LogP contribution in [-0.4, -0.2) is 12.2 Å². The van der Waals surface area contributed by atoms with E-state index in [2.05, 4.69) is 13.0 Å². The molecule has 0 aromatic heterocycles. The third-order valence-electron chi connectivity index (χ3n) is 1.86. The fourth-order valence-corrected chi connectivity index (χ4v) is 1.08. The number of ether oxygens (including phenoxy) is 1. The minimum absolute atomic E-state index is 0.488. The molecular weight excluding hydrogens is 126 g/mol. The molecule has 0 bridgehead atoms. The summed E-state index contributed by atoms with van der Waals surface area (Å²) in [5.74, 6) is 0. The molecule has 1 aliphatic rings. The van der Waals surface area contributed by atoms with Crippen molar-refractivity contribution in [3.63, 3.8) is 0 Å². The van der Waals surface area contributed by atoms with Gasteiger partial charge in [-0.2, -0.15) is 5.26 Å². The van der Waals surface area contributed by atoms with Crippen molar-refractivity contribution in [1.82, 2.24) is 0 Å². The van der Waals surface area contributed by atoms with Crippen LogP contribution in [0.1, 0.15) is 32.6 Å². The smallest absolute Gasteiger partial charge is 0.0839 e. The van der Waals surface area contributed by atoms with Crippen molar-refractivity contribution < 1.29 is 4.74 Å². The topological polar surface area (TPSA) is 36.3 Å². The summed E-state index contributed by atoms with van der Waals surface area (Å²) in [5, 5.41) is 8.22. The number of hydrogen-bond acceptors (Lipinski definition) is 2. The van der Waals surface area contributed by atoms with Crippen LogP contribution >= 0.6 is 0 Å². The van der Waals surface area contributed by atoms with Gasteiger partial charge in [0.25, 0.3) is 0 Å². The Bertz CT molecular complexity index is 139. The van der Waals surface area contributed by atoms with Gasteiger partial charge < -0.3 is 4.74 Å². The van der Waals surface area contributed by atoms with Gasteiger partial charge in [0.1, 0.15) is 0 Å². The lowest BCUT2D eigenvalue weighted by Crippen LogP contribution is -1.88. The second-order valence-corrected chi connectivity index (χ2v) is 2.78. The zero-order valence-corrected chi connectivity index (χ0v) is 6.34. The van der Waals surface area contributed by atoms with Crippen molar-refractivity contribution in [2.45, 2.75) is 44.8 Å². The fourth-order valence-electron chi connectivity index (χ4n) is 1.08. The largest absolute Gasteiger partial charge is 0.370 e. The Kier molecular flexibility index (Phi) is 2.70. The molecule has 1 heterocycles. The Morgan fingerprint density at radius 1 is 1.50 bits per heavy atom. The van der Waals surface area contributed by atoms with Gasteiger partial charge >= 0.3 is 0 Å². The van der Waals surface area contributed by atoms with E-state index in [1.54, 1.807) is 0 Å². The Morgan fingerprint density at radius 2 is 2.20 bits per heavy atom. The van der Waals surface area contributed by atoms with Gasteiger partial charge in [0.15, 0.2) is 0 Å². The van der Waals surface area contributed by atoms with Crippen LogP contribution in [0.2, 0.25) is 0 Å². The molecule has 2 nitrogen and oxygen atoms in total. The highest BCUT2D eigenvalue weighted by Crippen LogP contribution is 2.26. The highest BCUT2D eigenvalue weighted by molar-refractivity contribution is 4.80. The molecule has 56 valence electrons. The second-order valence-electron chi connectivity index (χ2n) is 2.78. The normalized spacial score (nSPS) is 29.6. The first-order valence-corrected chi connectivity index (χ1v) is 3.87. The number of hydrogen-bond donors (Lipinski definition) is 0. The molecule has 1 aliphatic heterocycles. The molecule has 0 saturated carbocycles. The zero-order chi connectivity index (χ0) is 7.40. The van der Waals surface area contributed by atoms with Crippen molar-refractivity contribution in [1.29, 1.82) is 5.26 Å². The molecule has 0 aromatic carbocycles. The van der Waals surface area contributed by atoms with Gasteiger partial charge in [0.2, 0.25) is 0 Å². The van der Waals surface area contributed by atoms with Crippen LogP contribution in [0.5, 0.6) is 0 Å². The molecule has 0 N–H and O–H groups in total. The Morgan fingerprint density at radius 3 is 2.70 bits per heavy atom. The summed E-state index contributed by atoms with van der Waals surface area (Å²) in [6.45, 7) is 2.09. The zero-order valence-electron chi connectivity index (χ0n) is 6.34. The van der Waals surface area contributed by atoms with E-state index in [0.29, 0.717) is 18.6 Å². The Labute approximate surface area is 61.8 Å². The second kappa shape index (κ2) is 3.58. The van der Waals surface area contributed by atoms with E-state index in [0.717, 1.165) is 19.3 Å². The molecule has 0 aliphatic carbocycles. The van der Waals surface area contributed by atoms with Crippen molar-refractivity contribution in [2.75, 3.05) is 0 Å². The summed E-state index contributed by atoms with van der Waals surface area (Å²) in [5.41, 5.74) is 0. The summed E-state index contributed by atoms with van der Waals surface area (Å²) in [4.78, 5) is 0. The quantitative estimate of drug-likeness (QED) is 0.440. The SMILES string of the molecule is C[C@@H]1O[C@@H]1CCCCC#N. The molecule has 2 heteroatoms. The predicted octanol–water partition coefficient (Wildman–Crippen LogP) is 1.86. The van der Waals surface area contributed by atoms with E-state index in [1.165, 1.54) is 0 Å². The number of rotatable bonds is 4. The first-order chi connectivity index (χ1) is 4.84. The van der Waals surface area contributed by atoms with Crippen molar-refractivity contribution >= 4 is 0 Å². The van der Waals surface area contributed by atoms with E-state index >= 15 is 0 Å². The molecule has 10 heavy (non-hydrogen) atoms. The maximum Gasteiger partial charge on any atom is 0.0839 e. The highest BCUT2D eigenvalue weighted by Gasteiger charge is 2.32. The Hall–Kier alpha value is -0.550. The van der Waals surface area contributed by atoms with Crippen LogP contribution in [0.4, 0.5) is 0 Å². The third kappa shape index (κ3) is 2.36. The summed E-state index contributed by atoms with van der Waals surface area (Å²) < 4.78 is 5.21. The van der Waals surface area contributed by atoms with Gasteiger partial charge in [0.05, 0.1) is 18.3 Å². The van der Waals surface area contributed by atoms with E-state index in [1.807, 2.05) is 0 Å². The van der Waals surface area contributed by atoms with E-state index in [-0.39, 0.29) is 0 Å². The minimum Gasteiger partial charge on any atom is -0.370 e. The predicted molar refractivity (Wildman–Crippen MR) is 38.4 cm³/mol. The molecule has 1 saturated heterocycles. The summed E-state index contributed by atoms with van der Waals surface area (Å²) in [7, 11) is 0. The van der Waals surface area contributed by atoms with Gasteiger partial charge in [-0.15, -0.1) is 0 Å². The van der Waals surface area contributed by atoms with Gasteiger partial charge in [-0.1, -0.05) is 0 Å². The summed E-state index contributed by atoms with van der Waals surface area (Å²) in [6, 6.07) is 2.13. The van der Waals surface area contributed by atoms with E-state index in [4.69, 9.17) is 10.00 Å². The molecule has 0 radical (unpaired) electrons. The van der Waals surface area contributed by atoms with Crippen molar-refractivity contribution in [3.8, 4) is 6.07 Å². The van der Waals surface area contributed by atoms with Gasteiger partial charge in [-0.25, -0.2) is 0 Å². The number of nitrogens with zero attached hydrogens (tertiary/aromatic N) is 1. The van der Waals surface area contributed by atoms with Gasteiger partial charge in [0, 0.05) is 6.42 Å². The van der Waals surface area contributed by atoms with E-state index in [9.17, 15) is 0 Å². The standard InChI is InChI=1S/C8H13NO/c1-7-8(10-7)5-3-2-4-6-9/h7-8H,2-5H2,1H3/t7-,8+/m0/s1. The lowest BCUT2D eigenvalue weighted by atomic mass is 10.1. The Balaban J connectivity index is 1.83. The first-order valence-electron chi connectivity index (χ1n) is 3.87. The number of nitriles is 1. The molecule has 1 fully saturated rings. The van der Waals surface area contributed by atoms with Crippen molar-refractivity contribution in [2.24, 2.45) is 0 Å². The van der Waals surface area contributed by atoms with Crippen LogP contribution in [0.15, 0.2) is 0 Å². The summed E-state index contributed by atoms with van der Waals surface area (Å²) in [6.07, 6.45) is 5.01. The van der Waals surface area contributed by atoms with Crippen LogP contribution in [0.3, 0.4) is 0 Å². The molecule has 0 unspecified atom stereocenters. The van der Waals surface area contributed by atoms with Crippen molar-refractivity contribution in [3.05, 3.63) is 0 Å². The number of unbranched alkanes of at least 4 members (excludes halogenated alkanes) is 2. The van der Waals surface area contributed by atoms with Gasteiger partial charge in [-0.05, 0) is 26.2 Å². The number of epoxide rings is 1. The minimum atomic E-state index is 0.488. The molecular formula is C8H13NO. The summed E-state index contributed by atoms with van der Waals surface area (Å²) >= 11 is 0. The lowest BCUT2D eigenvalue weighted by molar-refractivity contribution is 0.366. The molecule has 1 rings (SSSR count). The van der Waals surface area contributed by atoms with Gasteiger partial charge in [-0.3, -0.25) is 0 Å². The third-order valence-corrected chi connectivity index (χ3v) is 1.86. The molecule has 0 aromatic rings. The van der Waals surface area contributed by atoms with Crippen LogP contribution < -0.4 is 0 Å². The molecule has 0 amide bonds. The first kappa shape index (κ1) is 7.56. The monoisotopic (exact) mass is 139 g/mol. The maximum absolute atomic E-state index is 8.22. The average Bonchev–Trinajstić information content (AvgIpc) is 2.60. The van der Waals surface area contributed by atoms with Crippen LogP contribution in [-0.2, 0) is 4.74 Å². The fraction of sp³-hybridized carbons (Fsp3) is 0.875. The average molecular weight is 139 g/mol. The van der Waals surface area contributed by atoms with E-state index < -0.39 is 0 Å². The van der Waals surface area contributed by atoms with Crippen LogP contribution in [0.25, 0.3) is 0 Å². The molecule has 0 spiro atoms. The maximum atomic E-state index is 8.22. The van der Waals surface area contributed by atoms with Crippen LogP contribution in [0, 0.1) is 11.3 Å². The lowest BCUT2D eigenvalue weighted by Gasteiger charge is -1.90.